The Labute approximate surface area is 110 Å². The Morgan fingerprint density at radius 2 is 2.11 bits per heavy atom. The molecular weight excluding hydrogens is 250 g/mol. The number of rotatable bonds is 2. The smallest absolute Gasteiger partial charge is 0.310 e. The van der Waals surface area contributed by atoms with Crippen LogP contribution in [0.2, 0.25) is 0 Å². The third-order valence-electron chi connectivity index (χ3n) is 3.04. The molecule has 0 fully saturated rings. The lowest BCUT2D eigenvalue weighted by atomic mass is 10.0. The lowest BCUT2D eigenvalue weighted by molar-refractivity contribution is -0.138. The molecule has 2 rings (SSSR count). The topological polar surface area (TPSA) is 66.4 Å². The normalized spacial score (nSPS) is 18.7. The number of thioether (sulfide) groups is 1. The van der Waals surface area contributed by atoms with E-state index in [4.69, 9.17) is 5.11 Å². The summed E-state index contributed by atoms with van der Waals surface area (Å²) in [5.41, 5.74) is 1.51. The van der Waals surface area contributed by atoms with Crippen molar-refractivity contribution in [3.8, 4) is 0 Å². The molecule has 5 heteroatoms. The van der Waals surface area contributed by atoms with Gasteiger partial charge in [0.15, 0.2) is 0 Å². The van der Waals surface area contributed by atoms with Crippen molar-refractivity contribution in [2.75, 3.05) is 5.32 Å². The number of carboxylic acid groups (broad SMARTS) is 1. The summed E-state index contributed by atoms with van der Waals surface area (Å²) in [5.74, 6) is -1.42. The standard InChI is InChI=1S/C13H15NO3S/c1-7(11(15)16)8-4-5-9-10(6-8)18-13(2,3)12(17)14-9/h4-7H,1-3H3,(H,14,17)(H,15,16). The molecule has 1 heterocycles. The molecule has 1 atom stereocenters. The van der Waals surface area contributed by atoms with E-state index < -0.39 is 16.6 Å². The maximum Gasteiger partial charge on any atom is 0.310 e. The molecule has 2 N–H and O–H groups in total. The van der Waals surface area contributed by atoms with Crippen LogP contribution in [0.25, 0.3) is 0 Å². The van der Waals surface area contributed by atoms with E-state index in [2.05, 4.69) is 5.32 Å². The first-order valence-corrected chi connectivity index (χ1v) is 6.50. The van der Waals surface area contributed by atoms with Crippen LogP contribution < -0.4 is 5.32 Å². The molecule has 0 spiro atoms. The Morgan fingerprint density at radius 1 is 1.44 bits per heavy atom. The summed E-state index contributed by atoms with van der Waals surface area (Å²) in [6, 6.07) is 5.36. The van der Waals surface area contributed by atoms with Crippen molar-refractivity contribution in [1.82, 2.24) is 0 Å². The molecule has 96 valence electrons. The Hall–Kier alpha value is -1.49. The van der Waals surface area contributed by atoms with Gasteiger partial charge in [-0.3, -0.25) is 9.59 Å². The lowest BCUT2D eigenvalue weighted by Gasteiger charge is -2.30. The van der Waals surface area contributed by atoms with E-state index >= 15 is 0 Å². The first-order chi connectivity index (χ1) is 8.31. The minimum Gasteiger partial charge on any atom is -0.481 e. The van der Waals surface area contributed by atoms with E-state index in [1.807, 2.05) is 19.9 Å². The van der Waals surface area contributed by atoms with Crippen molar-refractivity contribution in [3.63, 3.8) is 0 Å². The van der Waals surface area contributed by atoms with Gasteiger partial charge in [0.05, 0.1) is 16.4 Å². The quantitative estimate of drug-likeness (QED) is 0.862. The first-order valence-electron chi connectivity index (χ1n) is 5.68. The van der Waals surface area contributed by atoms with Crippen molar-refractivity contribution in [1.29, 1.82) is 0 Å². The number of fused-ring (bicyclic) bond motifs is 1. The van der Waals surface area contributed by atoms with Crippen LogP contribution >= 0.6 is 11.8 Å². The average molecular weight is 265 g/mol. The number of benzene rings is 1. The number of amides is 1. The zero-order chi connectivity index (χ0) is 13.5. The van der Waals surface area contributed by atoms with Gasteiger partial charge in [-0.25, -0.2) is 0 Å². The number of hydrogen-bond acceptors (Lipinski definition) is 3. The predicted molar refractivity (Wildman–Crippen MR) is 71.1 cm³/mol. The number of carbonyl (C=O) groups is 2. The van der Waals surface area contributed by atoms with E-state index in [1.165, 1.54) is 11.8 Å². The Kier molecular flexibility index (Phi) is 3.11. The molecule has 1 aliphatic heterocycles. The van der Waals surface area contributed by atoms with Gasteiger partial charge in [0.25, 0.3) is 0 Å². The summed E-state index contributed by atoms with van der Waals surface area (Å²) in [6.45, 7) is 5.35. The second-order valence-electron chi connectivity index (χ2n) is 4.88. The second kappa shape index (κ2) is 4.31. The Balaban J connectivity index is 2.39. The first kappa shape index (κ1) is 13.0. The molecule has 1 aromatic carbocycles. The van der Waals surface area contributed by atoms with Crippen molar-refractivity contribution < 1.29 is 14.7 Å². The molecule has 0 saturated heterocycles. The molecule has 18 heavy (non-hydrogen) atoms. The fraction of sp³-hybridized carbons (Fsp3) is 0.385. The molecule has 0 aliphatic carbocycles. The van der Waals surface area contributed by atoms with Gasteiger partial charge in [0.2, 0.25) is 5.91 Å². The molecule has 4 nitrogen and oxygen atoms in total. The Morgan fingerprint density at radius 3 is 2.72 bits per heavy atom. The van der Waals surface area contributed by atoms with Crippen LogP contribution in [0.1, 0.15) is 32.3 Å². The highest BCUT2D eigenvalue weighted by Gasteiger charge is 2.34. The second-order valence-corrected chi connectivity index (χ2v) is 6.55. The summed E-state index contributed by atoms with van der Waals surface area (Å²) in [5, 5.41) is 11.8. The number of carbonyl (C=O) groups excluding carboxylic acids is 1. The summed E-state index contributed by atoms with van der Waals surface area (Å²) in [6.07, 6.45) is 0. The van der Waals surface area contributed by atoms with E-state index in [-0.39, 0.29) is 5.91 Å². The molecule has 1 aromatic rings. The van der Waals surface area contributed by atoms with Gasteiger partial charge in [-0.2, -0.15) is 0 Å². The SMILES string of the molecule is CC(C(=O)O)c1ccc2c(c1)SC(C)(C)C(=O)N2. The lowest BCUT2D eigenvalue weighted by Crippen LogP contribution is -2.37. The van der Waals surface area contributed by atoms with Crippen LogP contribution in [0.3, 0.4) is 0 Å². The van der Waals surface area contributed by atoms with E-state index in [9.17, 15) is 9.59 Å². The van der Waals surface area contributed by atoms with E-state index in [0.29, 0.717) is 0 Å². The van der Waals surface area contributed by atoms with Gasteiger partial charge < -0.3 is 10.4 Å². The van der Waals surface area contributed by atoms with Gasteiger partial charge in [-0.1, -0.05) is 6.07 Å². The fourth-order valence-electron chi connectivity index (χ4n) is 1.73. The van der Waals surface area contributed by atoms with E-state index in [0.717, 1.165) is 16.1 Å². The summed E-state index contributed by atoms with van der Waals surface area (Å²) < 4.78 is -0.530. The largest absolute Gasteiger partial charge is 0.481 e. The minimum absolute atomic E-state index is 0.0287. The average Bonchev–Trinajstić information content (AvgIpc) is 2.28. The molecule has 1 unspecified atom stereocenters. The summed E-state index contributed by atoms with van der Waals surface area (Å²) in [7, 11) is 0. The van der Waals surface area contributed by atoms with Gasteiger partial charge >= 0.3 is 5.97 Å². The highest BCUT2D eigenvalue weighted by molar-refractivity contribution is 8.01. The molecular formula is C13H15NO3S. The van der Waals surface area contributed by atoms with Crippen LogP contribution in [0.15, 0.2) is 23.1 Å². The van der Waals surface area contributed by atoms with E-state index in [1.54, 1.807) is 19.1 Å². The summed E-state index contributed by atoms with van der Waals surface area (Å²) in [4.78, 5) is 23.7. The molecule has 1 amide bonds. The zero-order valence-corrected chi connectivity index (χ0v) is 11.3. The van der Waals surface area contributed by atoms with Crippen molar-refractivity contribution in [2.45, 2.75) is 36.3 Å². The van der Waals surface area contributed by atoms with Gasteiger partial charge in [-0.15, -0.1) is 11.8 Å². The fourth-order valence-corrected chi connectivity index (χ4v) is 2.85. The highest BCUT2D eigenvalue weighted by Crippen LogP contribution is 2.43. The number of hydrogen-bond donors (Lipinski definition) is 2. The highest BCUT2D eigenvalue weighted by atomic mass is 32.2. The third kappa shape index (κ3) is 2.22. The van der Waals surface area contributed by atoms with Crippen LogP contribution in [0.4, 0.5) is 5.69 Å². The molecule has 0 aromatic heterocycles. The number of carboxylic acids is 1. The van der Waals surface area contributed by atoms with Crippen LogP contribution in [-0.4, -0.2) is 21.7 Å². The predicted octanol–water partition coefficient (Wildman–Crippen LogP) is 2.70. The van der Waals surface area contributed by atoms with Crippen LogP contribution in [0, 0.1) is 0 Å². The third-order valence-corrected chi connectivity index (χ3v) is 4.29. The Bertz CT molecular complexity index is 525. The maximum absolute atomic E-state index is 11.8. The summed E-state index contributed by atoms with van der Waals surface area (Å²) >= 11 is 1.46. The zero-order valence-electron chi connectivity index (χ0n) is 10.5. The van der Waals surface area contributed by atoms with Crippen LogP contribution in [0.5, 0.6) is 0 Å². The van der Waals surface area contributed by atoms with Crippen molar-refractivity contribution >= 4 is 29.3 Å². The van der Waals surface area contributed by atoms with Crippen molar-refractivity contribution in [2.24, 2.45) is 0 Å². The van der Waals surface area contributed by atoms with Gasteiger partial charge in [0.1, 0.15) is 0 Å². The maximum atomic E-state index is 11.8. The van der Waals surface area contributed by atoms with Gasteiger partial charge in [0, 0.05) is 4.90 Å². The number of anilines is 1. The number of aliphatic carboxylic acids is 1. The van der Waals surface area contributed by atoms with Gasteiger partial charge in [-0.05, 0) is 38.5 Å². The molecule has 0 saturated carbocycles. The van der Waals surface area contributed by atoms with Crippen LogP contribution in [-0.2, 0) is 9.59 Å². The minimum atomic E-state index is -0.848. The monoisotopic (exact) mass is 265 g/mol. The molecule has 1 aliphatic rings. The molecule has 0 bridgehead atoms. The molecule has 0 radical (unpaired) electrons. The number of nitrogens with one attached hydrogen (secondary N) is 1. The van der Waals surface area contributed by atoms with Crippen molar-refractivity contribution in [3.05, 3.63) is 23.8 Å².